The topological polar surface area (TPSA) is 66.6 Å². The fourth-order valence-electron chi connectivity index (χ4n) is 2.24. The number of aliphatic hydroxyl groups is 1. The van der Waals surface area contributed by atoms with E-state index in [2.05, 4.69) is 15.9 Å². The first-order valence-electron chi connectivity index (χ1n) is 6.47. The number of hydrogen-bond donors (Lipinski definition) is 1. The number of nitro benzene ring substituents is 1. The highest BCUT2D eigenvalue weighted by Crippen LogP contribution is 2.35. The second-order valence-corrected chi connectivity index (χ2v) is 5.25. The van der Waals surface area contributed by atoms with Gasteiger partial charge in [0.1, 0.15) is 11.5 Å². The van der Waals surface area contributed by atoms with E-state index in [0.717, 1.165) is 18.9 Å². The van der Waals surface area contributed by atoms with Crippen LogP contribution < -0.4 is 4.90 Å². The first-order valence-corrected chi connectivity index (χ1v) is 7.26. The van der Waals surface area contributed by atoms with Crippen LogP contribution in [0.25, 0.3) is 0 Å². The molecule has 7 heteroatoms. The van der Waals surface area contributed by atoms with Gasteiger partial charge in [0, 0.05) is 12.6 Å². The van der Waals surface area contributed by atoms with Crippen molar-refractivity contribution >= 4 is 27.3 Å². The van der Waals surface area contributed by atoms with E-state index in [9.17, 15) is 19.6 Å². The van der Waals surface area contributed by atoms with Gasteiger partial charge >= 0.3 is 0 Å². The van der Waals surface area contributed by atoms with Crippen molar-refractivity contribution in [2.45, 2.75) is 32.7 Å². The molecule has 1 rings (SSSR count). The molecule has 0 saturated carbocycles. The van der Waals surface area contributed by atoms with Crippen molar-refractivity contribution in [3.63, 3.8) is 0 Å². The molecule has 1 aromatic rings. The lowest BCUT2D eigenvalue weighted by Gasteiger charge is -2.31. The SMILES string of the molecule is CCC(CC)N(CCO)c1cc(Br)c(F)cc1[N+](=O)[O-]. The van der Waals surface area contributed by atoms with Crippen LogP contribution in [0.2, 0.25) is 0 Å². The minimum atomic E-state index is -0.672. The summed E-state index contributed by atoms with van der Waals surface area (Å²) in [6.45, 7) is 4.10. The van der Waals surface area contributed by atoms with Gasteiger partial charge in [0.05, 0.1) is 22.1 Å². The van der Waals surface area contributed by atoms with Crippen LogP contribution in [0.1, 0.15) is 26.7 Å². The zero-order valence-corrected chi connectivity index (χ0v) is 13.1. The maximum absolute atomic E-state index is 13.5. The van der Waals surface area contributed by atoms with E-state index in [1.807, 2.05) is 13.8 Å². The Balaban J connectivity index is 3.37. The van der Waals surface area contributed by atoms with Crippen molar-refractivity contribution in [1.29, 1.82) is 0 Å². The predicted octanol–water partition coefficient (Wildman–Crippen LogP) is 3.48. The molecule has 0 fully saturated rings. The Hall–Kier alpha value is -1.21. The normalized spacial score (nSPS) is 10.9. The van der Waals surface area contributed by atoms with Crippen LogP contribution >= 0.6 is 15.9 Å². The summed E-state index contributed by atoms with van der Waals surface area (Å²) in [4.78, 5) is 12.3. The van der Waals surface area contributed by atoms with Gasteiger partial charge in [-0.3, -0.25) is 10.1 Å². The van der Waals surface area contributed by atoms with Crippen molar-refractivity contribution < 1.29 is 14.4 Å². The van der Waals surface area contributed by atoms with Gasteiger partial charge in [0.25, 0.3) is 5.69 Å². The maximum atomic E-state index is 13.5. The molecule has 1 N–H and O–H groups in total. The largest absolute Gasteiger partial charge is 0.395 e. The van der Waals surface area contributed by atoms with Gasteiger partial charge in [-0.15, -0.1) is 0 Å². The summed E-state index contributed by atoms with van der Waals surface area (Å²) in [6.07, 6.45) is 1.56. The zero-order valence-electron chi connectivity index (χ0n) is 11.5. The van der Waals surface area contributed by atoms with Gasteiger partial charge < -0.3 is 10.0 Å². The van der Waals surface area contributed by atoms with Crippen LogP contribution in [0.15, 0.2) is 16.6 Å². The van der Waals surface area contributed by atoms with Crippen LogP contribution in [-0.2, 0) is 0 Å². The second-order valence-electron chi connectivity index (χ2n) is 4.40. The van der Waals surface area contributed by atoms with E-state index in [-0.39, 0.29) is 29.4 Å². The molecule has 0 unspecified atom stereocenters. The highest BCUT2D eigenvalue weighted by Gasteiger charge is 2.25. The lowest BCUT2D eigenvalue weighted by atomic mass is 10.1. The van der Waals surface area contributed by atoms with E-state index in [1.54, 1.807) is 4.90 Å². The number of anilines is 1. The summed E-state index contributed by atoms with van der Waals surface area (Å²) >= 11 is 3.05. The molecule has 0 amide bonds. The summed E-state index contributed by atoms with van der Waals surface area (Å²) in [5, 5.41) is 20.3. The van der Waals surface area contributed by atoms with E-state index >= 15 is 0 Å². The van der Waals surface area contributed by atoms with Crippen LogP contribution in [0.3, 0.4) is 0 Å². The number of halogens is 2. The molecule has 0 bridgehead atoms. The minimum Gasteiger partial charge on any atom is -0.395 e. The van der Waals surface area contributed by atoms with Gasteiger partial charge in [-0.05, 0) is 34.8 Å². The fourth-order valence-corrected chi connectivity index (χ4v) is 2.57. The molecule has 112 valence electrons. The Morgan fingerprint density at radius 3 is 2.50 bits per heavy atom. The third kappa shape index (κ3) is 3.67. The summed E-state index contributed by atoms with van der Waals surface area (Å²) in [6, 6.07) is 2.37. The lowest BCUT2D eigenvalue weighted by Crippen LogP contribution is -2.37. The highest BCUT2D eigenvalue weighted by molar-refractivity contribution is 9.10. The number of rotatable bonds is 7. The quantitative estimate of drug-likeness (QED) is 0.605. The molecule has 0 aromatic heterocycles. The maximum Gasteiger partial charge on any atom is 0.295 e. The minimum absolute atomic E-state index is 0.0539. The van der Waals surface area contributed by atoms with E-state index in [4.69, 9.17) is 0 Å². The summed E-state index contributed by atoms with van der Waals surface area (Å²) in [5.74, 6) is -0.672. The average Bonchev–Trinajstić information content (AvgIpc) is 2.41. The molecular formula is C13H18BrFN2O3. The zero-order chi connectivity index (χ0) is 15.3. The van der Waals surface area contributed by atoms with Crippen molar-refractivity contribution in [3.8, 4) is 0 Å². The Kier molecular flexibility index (Phi) is 6.35. The molecule has 0 atom stereocenters. The second kappa shape index (κ2) is 7.54. The first kappa shape index (κ1) is 16.8. The van der Waals surface area contributed by atoms with Crippen molar-refractivity contribution in [3.05, 3.63) is 32.5 Å². The molecular weight excluding hydrogens is 331 g/mol. The molecule has 1 aromatic carbocycles. The third-order valence-corrected chi connectivity index (χ3v) is 3.86. The number of benzene rings is 1. The molecule has 20 heavy (non-hydrogen) atoms. The molecule has 0 aliphatic carbocycles. The Morgan fingerprint density at radius 1 is 1.45 bits per heavy atom. The Morgan fingerprint density at radius 2 is 2.05 bits per heavy atom. The molecule has 0 saturated heterocycles. The fraction of sp³-hybridized carbons (Fsp3) is 0.538. The van der Waals surface area contributed by atoms with Crippen molar-refractivity contribution in [1.82, 2.24) is 0 Å². The summed E-state index contributed by atoms with van der Waals surface area (Å²) < 4.78 is 13.7. The number of aliphatic hydroxyl groups excluding tert-OH is 1. The molecule has 0 aliphatic heterocycles. The van der Waals surface area contributed by atoms with E-state index in [0.29, 0.717) is 5.69 Å². The molecule has 0 heterocycles. The summed E-state index contributed by atoms with van der Waals surface area (Å²) in [7, 11) is 0. The van der Waals surface area contributed by atoms with Gasteiger partial charge in [0.15, 0.2) is 0 Å². The first-order chi connectivity index (χ1) is 9.46. The van der Waals surface area contributed by atoms with Gasteiger partial charge in [-0.2, -0.15) is 0 Å². The monoisotopic (exact) mass is 348 g/mol. The van der Waals surface area contributed by atoms with Gasteiger partial charge in [-0.1, -0.05) is 13.8 Å². The Bertz CT molecular complexity index is 481. The van der Waals surface area contributed by atoms with Gasteiger partial charge in [-0.25, -0.2) is 4.39 Å². The van der Waals surface area contributed by atoms with Crippen LogP contribution in [0, 0.1) is 15.9 Å². The van der Waals surface area contributed by atoms with Crippen LogP contribution in [0.4, 0.5) is 15.8 Å². The van der Waals surface area contributed by atoms with Crippen LogP contribution in [-0.4, -0.2) is 29.2 Å². The standard InChI is InChI=1S/C13H18BrFN2O3/c1-3-9(4-2)16(5-6-18)12-7-10(14)11(15)8-13(12)17(19)20/h7-9,18H,3-6H2,1-2H3. The number of nitro groups is 1. The molecule has 0 spiro atoms. The lowest BCUT2D eigenvalue weighted by molar-refractivity contribution is -0.384. The van der Waals surface area contributed by atoms with Crippen molar-refractivity contribution in [2.75, 3.05) is 18.1 Å². The highest BCUT2D eigenvalue weighted by atomic mass is 79.9. The number of hydrogen-bond acceptors (Lipinski definition) is 4. The summed E-state index contributed by atoms with van der Waals surface area (Å²) in [5.41, 5.74) is 0.0390. The molecule has 0 aliphatic rings. The number of nitrogens with zero attached hydrogens (tertiary/aromatic N) is 2. The van der Waals surface area contributed by atoms with Crippen LogP contribution in [0.5, 0.6) is 0 Å². The molecule has 0 radical (unpaired) electrons. The van der Waals surface area contributed by atoms with E-state index in [1.165, 1.54) is 6.07 Å². The smallest absolute Gasteiger partial charge is 0.295 e. The molecule has 5 nitrogen and oxygen atoms in total. The van der Waals surface area contributed by atoms with E-state index < -0.39 is 10.7 Å². The predicted molar refractivity (Wildman–Crippen MR) is 79.6 cm³/mol. The average molecular weight is 349 g/mol. The third-order valence-electron chi connectivity index (χ3n) is 3.25. The van der Waals surface area contributed by atoms with Crippen molar-refractivity contribution in [2.24, 2.45) is 0 Å². The Labute approximate surface area is 125 Å². The van der Waals surface area contributed by atoms with Gasteiger partial charge in [0.2, 0.25) is 0 Å².